The topological polar surface area (TPSA) is 58.6 Å². The maximum Gasteiger partial charge on any atom is 0.261 e. The molecule has 38 heavy (non-hydrogen) atoms. The SMILES string of the molecule is Cc1ccc(CN(C(=O)COc2ccc(C(C)(C)C)cc2)[C@H](Cc2ccccc2)C(=O)NCC(C)C)cc1. The Morgan fingerprint density at radius 1 is 0.868 bits per heavy atom. The molecule has 1 N–H and O–H groups in total. The molecule has 0 aliphatic carbocycles. The predicted octanol–water partition coefficient (Wildman–Crippen LogP) is 6.08. The molecule has 0 fully saturated rings. The van der Waals surface area contributed by atoms with Crippen LogP contribution < -0.4 is 10.1 Å². The first-order valence-corrected chi connectivity index (χ1v) is 13.4. The Labute approximate surface area is 228 Å². The van der Waals surface area contributed by atoms with Gasteiger partial charge in [-0.15, -0.1) is 0 Å². The molecule has 0 heterocycles. The molecule has 3 aromatic carbocycles. The first-order valence-electron chi connectivity index (χ1n) is 13.4. The summed E-state index contributed by atoms with van der Waals surface area (Å²) in [4.78, 5) is 28.9. The van der Waals surface area contributed by atoms with Crippen molar-refractivity contribution in [3.63, 3.8) is 0 Å². The van der Waals surface area contributed by atoms with Crippen LogP contribution in [0.1, 0.15) is 56.9 Å². The first-order chi connectivity index (χ1) is 18.0. The normalized spacial score (nSPS) is 12.2. The van der Waals surface area contributed by atoms with E-state index in [1.165, 1.54) is 5.56 Å². The zero-order chi connectivity index (χ0) is 27.7. The van der Waals surface area contributed by atoms with Crippen molar-refractivity contribution in [2.24, 2.45) is 5.92 Å². The molecule has 0 aliphatic heterocycles. The van der Waals surface area contributed by atoms with Crippen molar-refractivity contribution in [3.05, 3.63) is 101 Å². The van der Waals surface area contributed by atoms with Gasteiger partial charge in [-0.3, -0.25) is 9.59 Å². The third-order valence-corrected chi connectivity index (χ3v) is 6.51. The molecule has 0 spiro atoms. The second kappa shape index (κ2) is 13.3. The Hall–Kier alpha value is -3.60. The zero-order valence-corrected chi connectivity index (χ0v) is 23.7. The molecule has 2 amide bonds. The number of benzene rings is 3. The molecule has 0 saturated carbocycles. The molecule has 3 aromatic rings. The molecular formula is C33H42N2O3. The molecule has 1 atom stereocenters. The Kier molecular flexibility index (Phi) is 10.1. The highest BCUT2D eigenvalue weighted by Gasteiger charge is 2.30. The standard InChI is InChI=1S/C33H42N2O3/c1-24(2)21-34-32(37)30(20-26-10-8-7-9-11-26)35(22-27-14-12-25(3)13-15-27)31(36)23-38-29-18-16-28(17-19-29)33(4,5)6/h7-19,24,30H,20-23H2,1-6H3,(H,34,37)/t30-/m1/s1. The fourth-order valence-electron chi connectivity index (χ4n) is 4.15. The van der Waals surface area contributed by atoms with Crippen molar-refractivity contribution in [1.82, 2.24) is 10.2 Å². The summed E-state index contributed by atoms with van der Waals surface area (Å²) in [5.41, 5.74) is 4.34. The predicted molar refractivity (Wildman–Crippen MR) is 154 cm³/mol. The average molecular weight is 515 g/mol. The van der Waals surface area contributed by atoms with Crippen LogP contribution in [0.4, 0.5) is 0 Å². The van der Waals surface area contributed by atoms with E-state index in [0.717, 1.165) is 16.7 Å². The Bertz CT molecular complexity index is 1160. The lowest BCUT2D eigenvalue weighted by Gasteiger charge is -2.31. The number of nitrogens with zero attached hydrogens (tertiary/aromatic N) is 1. The third kappa shape index (κ3) is 8.76. The van der Waals surface area contributed by atoms with Crippen molar-refractivity contribution in [2.45, 2.75) is 66.0 Å². The maximum absolute atomic E-state index is 13.7. The number of rotatable bonds is 11. The number of carbonyl (C=O) groups is 2. The second-order valence-corrected chi connectivity index (χ2v) is 11.4. The lowest BCUT2D eigenvalue weighted by atomic mass is 9.87. The van der Waals surface area contributed by atoms with Gasteiger partial charge in [0.25, 0.3) is 5.91 Å². The zero-order valence-electron chi connectivity index (χ0n) is 23.7. The monoisotopic (exact) mass is 514 g/mol. The minimum atomic E-state index is -0.670. The highest BCUT2D eigenvalue weighted by atomic mass is 16.5. The molecular weight excluding hydrogens is 472 g/mol. The average Bonchev–Trinajstić information content (AvgIpc) is 2.89. The van der Waals surface area contributed by atoms with Crippen molar-refractivity contribution < 1.29 is 14.3 Å². The molecule has 0 aliphatic rings. The Morgan fingerprint density at radius 2 is 1.50 bits per heavy atom. The Morgan fingerprint density at radius 3 is 2.08 bits per heavy atom. The van der Waals surface area contributed by atoms with Gasteiger partial charge in [0.1, 0.15) is 11.8 Å². The fraction of sp³-hybridized carbons (Fsp3) is 0.394. The number of ether oxygens (including phenoxy) is 1. The highest BCUT2D eigenvalue weighted by Crippen LogP contribution is 2.24. The summed E-state index contributed by atoms with van der Waals surface area (Å²) in [5, 5.41) is 3.05. The van der Waals surface area contributed by atoms with E-state index in [-0.39, 0.29) is 23.8 Å². The minimum absolute atomic E-state index is 0.0349. The summed E-state index contributed by atoms with van der Waals surface area (Å²) >= 11 is 0. The Balaban J connectivity index is 1.87. The smallest absolute Gasteiger partial charge is 0.261 e. The largest absolute Gasteiger partial charge is 0.484 e. The number of amides is 2. The maximum atomic E-state index is 13.7. The van der Waals surface area contributed by atoms with Crippen LogP contribution in [-0.2, 0) is 28.0 Å². The van der Waals surface area contributed by atoms with Crippen LogP contribution in [0, 0.1) is 12.8 Å². The van der Waals surface area contributed by atoms with E-state index in [9.17, 15) is 9.59 Å². The number of aryl methyl sites for hydroxylation is 1. The lowest BCUT2D eigenvalue weighted by Crippen LogP contribution is -2.52. The minimum Gasteiger partial charge on any atom is -0.484 e. The van der Waals surface area contributed by atoms with Crippen LogP contribution >= 0.6 is 0 Å². The molecule has 0 aromatic heterocycles. The molecule has 0 saturated heterocycles. The molecule has 5 nitrogen and oxygen atoms in total. The van der Waals surface area contributed by atoms with Crippen molar-refractivity contribution in [2.75, 3.05) is 13.2 Å². The van der Waals surface area contributed by atoms with Gasteiger partial charge in [0.2, 0.25) is 5.91 Å². The van der Waals surface area contributed by atoms with Gasteiger partial charge in [-0.2, -0.15) is 0 Å². The number of nitrogens with one attached hydrogen (secondary N) is 1. The van der Waals surface area contributed by atoms with Crippen LogP contribution in [0.15, 0.2) is 78.9 Å². The van der Waals surface area contributed by atoms with E-state index in [1.54, 1.807) is 4.90 Å². The summed E-state index contributed by atoms with van der Waals surface area (Å²) < 4.78 is 5.93. The van der Waals surface area contributed by atoms with Gasteiger partial charge in [0, 0.05) is 19.5 Å². The number of hydrogen-bond acceptors (Lipinski definition) is 3. The summed E-state index contributed by atoms with van der Waals surface area (Å²) in [7, 11) is 0. The van der Waals surface area contributed by atoms with E-state index in [2.05, 4.69) is 39.9 Å². The van der Waals surface area contributed by atoms with Gasteiger partial charge < -0.3 is 15.0 Å². The van der Waals surface area contributed by atoms with Crippen molar-refractivity contribution in [1.29, 1.82) is 0 Å². The third-order valence-electron chi connectivity index (χ3n) is 6.51. The second-order valence-electron chi connectivity index (χ2n) is 11.4. The van der Waals surface area contributed by atoms with Crippen LogP contribution in [0.25, 0.3) is 0 Å². The van der Waals surface area contributed by atoms with E-state index in [0.29, 0.717) is 31.2 Å². The van der Waals surface area contributed by atoms with Crippen LogP contribution in [0.5, 0.6) is 5.75 Å². The summed E-state index contributed by atoms with van der Waals surface area (Å²) in [6.07, 6.45) is 0.419. The molecule has 3 rings (SSSR count). The van der Waals surface area contributed by atoms with E-state index in [4.69, 9.17) is 4.74 Å². The van der Waals surface area contributed by atoms with Crippen molar-refractivity contribution >= 4 is 11.8 Å². The number of hydrogen-bond donors (Lipinski definition) is 1. The van der Waals surface area contributed by atoms with Gasteiger partial charge in [-0.25, -0.2) is 0 Å². The molecule has 202 valence electrons. The molecule has 0 unspecified atom stereocenters. The van der Waals surface area contributed by atoms with Gasteiger partial charge in [-0.1, -0.05) is 107 Å². The molecule has 0 bridgehead atoms. The first kappa shape index (κ1) is 29.0. The lowest BCUT2D eigenvalue weighted by molar-refractivity contribution is -0.142. The van der Waals surface area contributed by atoms with Gasteiger partial charge >= 0.3 is 0 Å². The fourth-order valence-corrected chi connectivity index (χ4v) is 4.15. The summed E-state index contributed by atoms with van der Waals surface area (Å²) in [6, 6.07) is 25.1. The number of carbonyl (C=O) groups excluding carboxylic acids is 2. The molecule has 5 heteroatoms. The summed E-state index contributed by atoms with van der Waals surface area (Å²) in [6.45, 7) is 13.3. The highest BCUT2D eigenvalue weighted by molar-refractivity contribution is 5.88. The van der Waals surface area contributed by atoms with Crippen molar-refractivity contribution in [3.8, 4) is 5.75 Å². The quantitative estimate of drug-likeness (QED) is 0.337. The van der Waals surface area contributed by atoms with E-state index in [1.807, 2.05) is 85.8 Å². The van der Waals surface area contributed by atoms with Gasteiger partial charge in [0.05, 0.1) is 0 Å². The van der Waals surface area contributed by atoms with Crippen LogP contribution in [0.3, 0.4) is 0 Å². The molecule has 0 radical (unpaired) electrons. The van der Waals surface area contributed by atoms with Crippen LogP contribution in [-0.4, -0.2) is 35.9 Å². The van der Waals surface area contributed by atoms with E-state index >= 15 is 0 Å². The van der Waals surface area contributed by atoms with E-state index < -0.39 is 6.04 Å². The summed E-state index contributed by atoms with van der Waals surface area (Å²) in [5.74, 6) is 0.547. The van der Waals surface area contributed by atoms with Gasteiger partial charge in [-0.05, 0) is 47.1 Å². The van der Waals surface area contributed by atoms with Gasteiger partial charge in [0.15, 0.2) is 6.61 Å². The van der Waals surface area contributed by atoms with Crippen LogP contribution in [0.2, 0.25) is 0 Å².